The summed E-state index contributed by atoms with van der Waals surface area (Å²) in [5.74, 6) is 0.913. The molecule has 0 saturated carbocycles. The van der Waals surface area contributed by atoms with Crippen LogP contribution < -0.4 is 4.74 Å². The molecule has 0 bridgehead atoms. The number of aromatic nitrogens is 1. The SMILES string of the molecule is Cc1ccc(C)c(OCC(O)CN2CCCC2c2ccc[nH]2)c1C. The largest absolute Gasteiger partial charge is 0.490 e. The Labute approximate surface area is 144 Å². The number of nitrogens with zero attached hydrogens (tertiary/aromatic N) is 1. The van der Waals surface area contributed by atoms with Crippen LogP contribution in [0, 0.1) is 20.8 Å². The van der Waals surface area contributed by atoms with Gasteiger partial charge in [-0.05, 0) is 69.0 Å². The van der Waals surface area contributed by atoms with Gasteiger partial charge in [-0.2, -0.15) is 0 Å². The molecule has 0 radical (unpaired) electrons. The Morgan fingerprint density at radius 1 is 1.25 bits per heavy atom. The monoisotopic (exact) mass is 328 g/mol. The maximum atomic E-state index is 10.5. The van der Waals surface area contributed by atoms with Gasteiger partial charge in [-0.3, -0.25) is 4.90 Å². The summed E-state index contributed by atoms with van der Waals surface area (Å²) in [7, 11) is 0. The van der Waals surface area contributed by atoms with Crippen molar-refractivity contribution in [2.75, 3.05) is 19.7 Å². The van der Waals surface area contributed by atoms with Crippen molar-refractivity contribution in [1.82, 2.24) is 9.88 Å². The van der Waals surface area contributed by atoms with Crippen LogP contribution >= 0.6 is 0 Å². The third-order valence-corrected chi connectivity index (χ3v) is 5.08. The van der Waals surface area contributed by atoms with E-state index in [0.29, 0.717) is 19.2 Å². The zero-order valence-electron chi connectivity index (χ0n) is 14.9. The second-order valence-corrected chi connectivity index (χ2v) is 6.90. The number of likely N-dealkylation sites (tertiary alicyclic amines) is 1. The normalized spacial score (nSPS) is 19.6. The summed E-state index contributed by atoms with van der Waals surface area (Å²) in [4.78, 5) is 5.66. The highest BCUT2D eigenvalue weighted by molar-refractivity contribution is 5.44. The van der Waals surface area contributed by atoms with Gasteiger partial charge >= 0.3 is 0 Å². The Bertz CT molecular complexity index is 667. The minimum Gasteiger partial charge on any atom is -0.490 e. The molecule has 3 rings (SSSR count). The van der Waals surface area contributed by atoms with Crippen LogP contribution in [-0.2, 0) is 0 Å². The number of H-pyrrole nitrogens is 1. The maximum absolute atomic E-state index is 10.5. The van der Waals surface area contributed by atoms with E-state index in [4.69, 9.17) is 4.74 Å². The van der Waals surface area contributed by atoms with E-state index in [2.05, 4.69) is 48.9 Å². The van der Waals surface area contributed by atoms with Crippen LogP contribution in [-0.4, -0.2) is 40.8 Å². The van der Waals surface area contributed by atoms with Crippen molar-refractivity contribution in [2.45, 2.75) is 45.8 Å². The van der Waals surface area contributed by atoms with Crippen molar-refractivity contribution >= 4 is 0 Å². The number of aliphatic hydroxyl groups excluding tert-OH is 1. The Morgan fingerprint density at radius 2 is 2.04 bits per heavy atom. The second kappa shape index (κ2) is 7.41. The zero-order chi connectivity index (χ0) is 17.1. The third kappa shape index (κ3) is 3.65. The first-order valence-corrected chi connectivity index (χ1v) is 8.81. The smallest absolute Gasteiger partial charge is 0.125 e. The van der Waals surface area contributed by atoms with Gasteiger partial charge in [0.2, 0.25) is 0 Å². The molecule has 130 valence electrons. The summed E-state index contributed by atoms with van der Waals surface area (Å²) in [5, 5.41) is 10.5. The van der Waals surface area contributed by atoms with E-state index in [1.165, 1.54) is 17.7 Å². The van der Waals surface area contributed by atoms with Crippen LogP contribution in [0.1, 0.15) is 41.3 Å². The minimum absolute atomic E-state index is 0.332. The summed E-state index contributed by atoms with van der Waals surface area (Å²) >= 11 is 0. The fourth-order valence-electron chi connectivity index (χ4n) is 3.60. The van der Waals surface area contributed by atoms with Crippen LogP contribution in [0.25, 0.3) is 0 Å². The Kier molecular flexibility index (Phi) is 5.27. The molecule has 1 aromatic carbocycles. The zero-order valence-corrected chi connectivity index (χ0v) is 14.9. The number of nitrogens with one attached hydrogen (secondary N) is 1. The highest BCUT2D eigenvalue weighted by Gasteiger charge is 2.28. The summed E-state index contributed by atoms with van der Waals surface area (Å²) in [6, 6.07) is 8.74. The molecule has 1 aromatic heterocycles. The number of benzene rings is 1. The molecule has 2 atom stereocenters. The lowest BCUT2D eigenvalue weighted by Gasteiger charge is -2.26. The molecule has 1 aliphatic rings. The molecule has 1 aliphatic heterocycles. The molecule has 0 amide bonds. The Morgan fingerprint density at radius 3 is 2.79 bits per heavy atom. The van der Waals surface area contributed by atoms with Crippen molar-refractivity contribution in [3.05, 3.63) is 52.8 Å². The Balaban J connectivity index is 1.58. The summed E-state index contributed by atoms with van der Waals surface area (Å²) in [6.45, 7) is 8.22. The first kappa shape index (κ1) is 17.1. The van der Waals surface area contributed by atoms with Crippen LogP contribution in [0.5, 0.6) is 5.75 Å². The maximum Gasteiger partial charge on any atom is 0.125 e. The van der Waals surface area contributed by atoms with Gasteiger partial charge in [0.1, 0.15) is 18.5 Å². The first-order valence-electron chi connectivity index (χ1n) is 8.81. The van der Waals surface area contributed by atoms with Crippen molar-refractivity contribution in [3.8, 4) is 5.75 Å². The van der Waals surface area contributed by atoms with Gasteiger partial charge in [0.15, 0.2) is 0 Å². The van der Waals surface area contributed by atoms with Gasteiger partial charge in [-0.25, -0.2) is 0 Å². The second-order valence-electron chi connectivity index (χ2n) is 6.90. The molecular formula is C20H28N2O2. The molecule has 24 heavy (non-hydrogen) atoms. The van der Waals surface area contributed by atoms with E-state index in [0.717, 1.165) is 29.8 Å². The fourth-order valence-corrected chi connectivity index (χ4v) is 3.60. The quantitative estimate of drug-likeness (QED) is 0.853. The first-order chi connectivity index (χ1) is 11.6. The molecule has 2 N–H and O–H groups in total. The molecule has 1 fully saturated rings. The van der Waals surface area contributed by atoms with Crippen molar-refractivity contribution in [1.29, 1.82) is 0 Å². The average Bonchev–Trinajstić information content (AvgIpc) is 3.22. The van der Waals surface area contributed by atoms with E-state index in [1.807, 2.05) is 12.3 Å². The molecule has 2 heterocycles. The molecule has 1 saturated heterocycles. The van der Waals surface area contributed by atoms with Gasteiger partial charge < -0.3 is 14.8 Å². The lowest BCUT2D eigenvalue weighted by molar-refractivity contribution is 0.0629. The number of aliphatic hydroxyl groups is 1. The van der Waals surface area contributed by atoms with E-state index in [-0.39, 0.29) is 0 Å². The Hall–Kier alpha value is -1.78. The predicted molar refractivity (Wildman–Crippen MR) is 96.5 cm³/mol. The van der Waals surface area contributed by atoms with Crippen LogP contribution in [0.2, 0.25) is 0 Å². The molecule has 0 spiro atoms. The summed E-state index contributed by atoms with van der Waals surface area (Å²) < 4.78 is 5.96. The topological polar surface area (TPSA) is 48.5 Å². The van der Waals surface area contributed by atoms with E-state index >= 15 is 0 Å². The molecule has 2 unspecified atom stereocenters. The molecular weight excluding hydrogens is 300 g/mol. The van der Waals surface area contributed by atoms with Gasteiger partial charge in [0, 0.05) is 24.5 Å². The minimum atomic E-state index is -0.486. The van der Waals surface area contributed by atoms with Crippen molar-refractivity contribution in [2.24, 2.45) is 0 Å². The summed E-state index contributed by atoms with van der Waals surface area (Å²) in [6.07, 6.45) is 3.80. The number of aryl methyl sites for hydroxylation is 2. The van der Waals surface area contributed by atoms with Gasteiger partial charge in [0.05, 0.1) is 0 Å². The summed E-state index contributed by atoms with van der Waals surface area (Å²) in [5.41, 5.74) is 4.74. The standard InChI is InChI=1S/C20H28N2O2/c1-14-8-9-15(2)20(16(14)3)24-13-17(23)12-22-11-5-7-19(22)18-6-4-10-21-18/h4,6,8-10,17,19,21,23H,5,7,11-13H2,1-3H3. The van der Waals surface area contributed by atoms with Gasteiger partial charge in [-0.15, -0.1) is 0 Å². The van der Waals surface area contributed by atoms with Crippen LogP contribution in [0.3, 0.4) is 0 Å². The highest BCUT2D eigenvalue weighted by Crippen LogP contribution is 2.31. The fraction of sp³-hybridized carbons (Fsp3) is 0.500. The lowest BCUT2D eigenvalue weighted by atomic mass is 10.1. The van der Waals surface area contributed by atoms with Crippen molar-refractivity contribution < 1.29 is 9.84 Å². The third-order valence-electron chi connectivity index (χ3n) is 5.08. The predicted octanol–water partition coefficient (Wildman–Crippen LogP) is 3.52. The molecule has 2 aromatic rings. The number of ether oxygens (including phenoxy) is 1. The van der Waals surface area contributed by atoms with E-state index in [9.17, 15) is 5.11 Å². The molecule has 4 nitrogen and oxygen atoms in total. The van der Waals surface area contributed by atoms with Crippen LogP contribution in [0.4, 0.5) is 0 Å². The van der Waals surface area contributed by atoms with Crippen molar-refractivity contribution in [3.63, 3.8) is 0 Å². The average molecular weight is 328 g/mol. The van der Waals surface area contributed by atoms with Gasteiger partial charge in [-0.1, -0.05) is 12.1 Å². The number of β-amino-alcohol motifs (C(OH)–C–C–N with tert-alkyl or cyclic N) is 1. The number of hydrogen-bond donors (Lipinski definition) is 2. The van der Waals surface area contributed by atoms with Gasteiger partial charge in [0.25, 0.3) is 0 Å². The van der Waals surface area contributed by atoms with E-state index < -0.39 is 6.10 Å². The molecule has 4 heteroatoms. The number of hydrogen-bond acceptors (Lipinski definition) is 3. The van der Waals surface area contributed by atoms with E-state index in [1.54, 1.807) is 0 Å². The molecule has 0 aliphatic carbocycles. The number of rotatable bonds is 6. The highest BCUT2D eigenvalue weighted by atomic mass is 16.5. The lowest BCUT2D eigenvalue weighted by Crippen LogP contribution is -2.35. The van der Waals surface area contributed by atoms with Crippen LogP contribution in [0.15, 0.2) is 30.5 Å². The number of aromatic amines is 1.